The summed E-state index contributed by atoms with van der Waals surface area (Å²) < 4.78 is 5.41. The first-order valence-electron chi connectivity index (χ1n) is 8.72. The predicted octanol–water partition coefficient (Wildman–Crippen LogP) is 2.54. The molecule has 130 valence electrons. The van der Waals surface area contributed by atoms with Gasteiger partial charge in [-0.15, -0.1) is 0 Å². The minimum absolute atomic E-state index is 0.0321. The number of rotatable bonds is 4. The summed E-state index contributed by atoms with van der Waals surface area (Å²) in [5.74, 6) is 0.704. The van der Waals surface area contributed by atoms with Gasteiger partial charge in [-0.25, -0.2) is 4.98 Å². The zero-order chi connectivity index (χ0) is 17.1. The number of benzene rings is 1. The molecule has 1 aromatic carbocycles. The van der Waals surface area contributed by atoms with E-state index in [1.165, 1.54) is 5.56 Å². The van der Waals surface area contributed by atoms with Crippen LogP contribution in [0.1, 0.15) is 17.5 Å². The van der Waals surface area contributed by atoms with E-state index in [0.717, 1.165) is 49.8 Å². The topological polar surface area (TPSA) is 66.5 Å². The van der Waals surface area contributed by atoms with Crippen LogP contribution < -0.4 is 10.6 Å². The Kier molecular flexibility index (Phi) is 4.63. The molecule has 2 N–H and O–H groups in total. The zero-order valence-electron chi connectivity index (χ0n) is 14.1. The second-order valence-corrected chi connectivity index (χ2v) is 6.45. The van der Waals surface area contributed by atoms with E-state index >= 15 is 0 Å². The van der Waals surface area contributed by atoms with E-state index in [0.29, 0.717) is 18.7 Å². The van der Waals surface area contributed by atoms with Crippen LogP contribution in [0.5, 0.6) is 0 Å². The van der Waals surface area contributed by atoms with Gasteiger partial charge < -0.3 is 15.4 Å². The number of hydrogen-bond acceptors (Lipinski definition) is 5. The van der Waals surface area contributed by atoms with Crippen molar-refractivity contribution in [1.29, 1.82) is 0 Å². The van der Waals surface area contributed by atoms with Gasteiger partial charge in [-0.05, 0) is 30.2 Å². The fourth-order valence-electron chi connectivity index (χ4n) is 3.32. The SMILES string of the molecule is O=C1CCc2c(Nc3cccc(CN4CCOCC4)c3)ccnc2N1. The van der Waals surface area contributed by atoms with Crippen molar-refractivity contribution in [3.63, 3.8) is 0 Å². The third-order valence-corrected chi connectivity index (χ3v) is 4.63. The van der Waals surface area contributed by atoms with E-state index in [1.54, 1.807) is 6.20 Å². The molecule has 1 fully saturated rings. The van der Waals surface area contributed by atoms with E-state index in [-0.39, 0.29) is 5.91 Å². The molecular weight excluding hydrogens is 316 g/mol. The summed E-state index contributed by atoms with van der Waals surface area (Å²) in [5, 5.41) is 6.33. The molecular formula is C19H22N4O2. The third-order valence-electron chi connectivity index (χ3n) is 4.63. The Bertz CT molecular complexity index is 772. The molecule has 0 unspecified atom stereocenters. The van der Waals surface area contributed by atoms with Gasteiger partial charge in [0.1, 0.15) is 5.82 Å². The number of nitrogens with zero attached hydrogens (tertiary/aromatic N) is 2. The molecule has 0 bridgehead atoms. The average Bonchev–Trinajstić information content (AvgIpc) is 2.63. The molecule has 4 rings (SSSR count). The van der Waals surface area contributed by atoms with Crippen molar-refractivity contribution in [3.8, 4) is 0 Å². The Labute approximate surface area is 147 Å². The van der Waals surface area contributed by atoms with Gasteiger partial charge in [0.05, 0.1) is 13.2 Å². The number of amides is 1. The lowest BCUT2D eigenvalue weighted by molar-refractivity contribution is -0.116. The lowest BCUT2D eigenvalue weighted by Crippen LogP contribution is -2.35. The van der Waals surface area contributed by atoms with Crippen LogP contribution in [0.3, 0.4) is 0 Å². The van der Waals surface area contributed by atoms with Gasteiger partial charge in [-0.1, -0.05) is 12.1 Å². The molecule has 2 aliphatic rings. The summed E-state index contributed by atoms with van der Waals surface area (Å²) in [6.07, 6.45) is 2.94. The fourth-order valence-corrected chi connectivity index (χ4v) is 3.32. The highest BCUT2D eigenvalue weighted by Crippen LogP contribution is 2.29. The van der Waals surface area contributed by atoms with Gasteiger partial charge in [0.2, 0.25) is 5.91 Å². The molecule has 0 atom stereocenters. The molecule has 0 radical (unpaired) electrons. The quantitative estimate of drug-likeness (QED) is 0.897. The molecule has 2 aromatic rings. The number of fused-ring (bicyclic) bond motifs is 1. The molecule has 0 spiro atoms. The summed E-state index contributed by atoms with van der Waals surface area (Å²) >= 11 is 0. The molecule has 2 aliphatic heterocycles. The first-order chi connectivity index (χ1) is 12.3. The van der Waals surface area contributed by atoms with E-state index in [2.05, 4.69) is 44.8 Å². The Balaban J connectivity index is 1.50. The number of carbonyl (C=O) groups excluding carboxylic acids is 1. The van der Waals surface area contributed by atoms with Crippen LogP contribution in [-0.4, -0.2) is 42.1 Å². The van der Waals surface area contributed by atoms with E-state index in [1.807, 2.05) is 6.07 Å². The van der Waals surface area contributed by atoms with Crippen LogP contribution in [0.25, 0.3) is 0 Å². The maximum Gasteiger partial charge on any atom is 0.225 e. The predicted molar refractivity (Wildman–Crippen MR) is 97.0 cm³/mol. The first-order valence-corrected chi connectivity index (χ1v) is 8.72. The number of pyridine rings is 1. The molecule has 25 heavy (non-hydrogen) atoms. The first kappa shape index (κ1) is 16.1. The Morgan fingerprint density at radius 3 is 2.96 bits per heavy atom. The van der Waals surface area contributed by atoms with Crippen molar-refractivity contribution in [2.75, 3.05) is 36.9 Å². The normalized spacial score (nSPS) is 17.7. The average molecular weight is 338 g/mol. The molecule has 0 aliphatic carbocycles. The van der Waals surface area contributed by atoms with Crippen molar-refractivity contribution < 1.29 is 9.53 Å². The van der Waals surface area contributed by atoms with Crippen LogP contribution in [0.2, 0.25) is 0 Å². The van der Waals surface area contributed by atoms with Crippen molar-refractivity contribution in [2.24, 2.45) is 0 Å². The van der Waals surface area contributed by atoms with Gasteiger partial charge in [-0.2, -0.15) is 0 Å². The number of nitrogens with one attached hydrogen (secondary N) is 2. The van der Waals surface area contributed by atoms with E-state index < -0.39 is 0 Å². The van der Waals surface area contributed by atoms with Gasteiger partial charge in [0.15, 0.2) is 0 Å². The lowest BCUT2D eigenvalue weighted by atomic mass is 10.0. The van der Waals surface area contributed by atoms with Crippen LogP contribution in [0.15, 0.2) is 36.5 Å². The van der Waals surface area contributed by atoms with E-state index in [9.17, 15) is 4.79 Å². The monoisotopic (exact) mass is 338 g/mol. The Hall–Kier alpha value is -2.44. The minimum atomic E-state index is 0.0321. The summed E-state index contributed by atoms with van der Waals surface area (Å²) in [6, 6.07) is 10.4. The van der Waals surface area contributed by atoms with Gasteiger partial charge in [0.25, 0.3) is 0 Å². The van der Waals surface area contributed by atoms with Crippen LogP contribution in [0.4, 0.5) is 17.2 Å². The van der Waals surface area contributed by atoms with Gasteiger partial charge >= 0.3 is 0 Å². The second-order valence-electron chi connectivity index (χ2n) is 6.45. The molecule has 6 nitrogen and oxygen atoms in total. The summed E-state index contributed by atoms with van der Waals surface area (Å²) in [4.78, 5) is 18.2. The van der Waals surface area contributed by atoms with E-state index in [4.69, 9.17) is 4.74 Å². The Morgan fingerprint density at radius 1 is 1.20 bits per heavy atom. The smallest absolute Gasteiger partial charge is 0.225 e. The molecule has 6 heteroatoms. The molecule has 0 saturated carbocycles. The number of ether oxygens (including phenoxy) is 1. The molecule has 1 saturated heterocycles. The number of aromatic nitrogens is 1. The molecule has 3 heterocycles. The minimum Gasteiger partial charge on any atom is -0.379 e. The number of morpholine rings is 1. The standard InChI is InChI=1S/C19H22N4O2/c24-18-5-4-16-17(6-7-20-19(16)22-18)21-15-3-1-2-14(12-15)13-23-8-10-25-11-9-23/h1-3,6-7,12H,4-5,8-11,13H2,(H2,20,21,22,24). The van der Waals surface area contributed by atoms with Crippen molar-refractivity contribution in [3.05, 3.63) is 47.7 Å². The summed E-state index contributed by atoms with van der Waals surface area (Å²) in [5.41, 5.74) is 4.41. The van der Waals surface area contributed by atoms with Gasteiger partial charge in [-0.3, -0.25) is 9.69 Å². The van der Waals surface area contributed by atoms with Crippen molar-refractivity contribution in [1.82, 2.24) is 9.88 Å². The fraction of sp³-hybridized carbons (Fsp3) is 0.368. The number of anilines is 3. The Morgan fingerprint density at radius 2 is 2.08 bits per heavy atom. The number of carbonyl (C=O) groups is 1. The zero-order valence-corrected chi connectivity index (χ0v) is 14.1. The van der Waals surface area contributed by atoms with Crippen molar-refractivity contribution in [2.45, 2.75) is 19.4 Å². The number of hydrogen-bond donors (Lipinski definition) is 2. The highest BCUT2D eigenvalue weighted by Gasteiger charge is 2.19. The molecule has 1 amide bonds. The summed E-state index contributed by atoms with van der Waals surface area (Å²) in [6.45, 7) is 4.52. The summed E-state index contributed by atoms with van der Waals surface area (Å²) in [7, 11) is 0. The largest absolute Gasteiger partial charge is 0.379 e. The van der Waals surface area contributed by atoms with Gasteiger partial charge in [0, 0.05) is 49.2 Å². The van der Waals surface area contributed by atoms with Crippen LogP contribution in [0, 0.1) is 0 Å². The molecule has 1 aromatic heterocycles. The third kappa shape index (κ3) is 3.81. The second kappa shape index (κ2) is 7.21. The van der Waals surface area contributed by atoms with Crippen molar-refractivity contribution >= 4 is 23.1 Å². The van der Waals surface area contributed by atoms with Crippen LogP contribution in [-0.2, 0) is 22.5 Å². The highest BCUT2D eigenvalue weighted by molar-refractivity contribution is 5.94. The maximum absolute atomic E-state index is 11.5. The highest BCUT2D eigenvalue weighted by atomic mass is 16.5. The van der Waals surface area contributed by atoms with Crippen LogP contribution >= 0.6 is 0 Å². The lowest BCUT2D eigenvalue weighted by Gasteiger charge is -2.26. The maximum atomic E-state index is 11.5.